The number of aromatic nitrogens is 3. The Morgan fingerprint density at radius 3 is 2.43 bits per heavy atom. The van der Waals surface area contributed by atoms with Crippen molar-refractivity contribution in [3.63, 3.8) is 0 Å². The number of hydrogen-bond acceptors (Lipinski definition) is 5. The number of ether oxygens (including phenoxy) is 2. The molecule has 2 aliphatic heterocycles. The van der Waals surface area contributed by atoms with Gasteiger partial charge < -0.3 is 14.0 Å². The van der Waals surface area contributed by atoms with E-state index in [1.54, 1.807) is 24.3 Å². The molecule has 152 valence electrons. The lowest BCUT2D eigenvalue weighted by Crippen LogP contribution is -2.15. The molecule has 30 heavy (non-hydrogen) atoms. The van der Waals surface area contributed by atoms with Crippen LogP contribution in [-0.2, 0) is 4.74 Å². The van der Waals surface area contributed by atoms with Crippen molar-refractivity contribution in [2.45, 2.75) is 0 Å². The Morgan fingerprint density at radius 2 is 1.77 bits per heavy atom. The van der Waals surface area contributed by atoms with Gasteiger partial charge in [0.25, 0.3) is 5.56 Å². The van der Waals surface area contributed by atoms with Crippen LogP contribution in [0.15, 0.2) is 59.7 Å². The average molecular weight is 411 g/mol. The molecule has 0 radical (unpaired) electrons. The van der Waals surface area contributed by atoms with Gasteiger partial charge >= 0.3 is 5.97 Å². The summed E-state index contributed by atoms with van der Waals surface area (Å²) in [6.45, 7) is 0. The molecule has 2 aromatic rings. The average Bonchev–Trinajstić information content (AvgIpc) is 3.11. The lowest BCUT2D eigenvalue weighted by molar-refractivity contribution is 0.0600. The fourth-order valence-corrected chi connectivity index (χ4v) is 3.10. The minimum atomic E-state index is -1.12. The van der Waals surface area contributed by atoms with Crippen LogP contribution < -0.4 is 10.3 Å². The van der Waals surface area contributed by atoms with Crippen LogP contribution in [0, 0.1) is 11.6 Å². The summed E-state index contributed by atoms with van der Waals surface area (Å²) in [5, 5.41) is 4.26. The zero-order valence-electron chi connectivity index (χ0n) is 15.9. The lowest BCUT2D eigenvalue weighted by atomic mass is 10.1. The summed E-state index contributed by atoms with van der Waals surface area (Å²) in [7, 11) is 2.69. The molecule has 9 heteroatoms. The van der Waals surface area contributed by atoms with Gasteiger partial charge in [-0.15, -0.1) is 0 Å². The first-order chi connectivity index (χ1) is 14.4. The van der Waals surface area contributed by atoms with Crippen LogP contribution in [0.5, 0.6) is 5.75 Å². The van der Waals surface area contributed by atoms with Gasteiger partial charge in [0.2, 0.25) is 0 Å². The highest BCUT2D eigenvalue weighted by atomic mass is 19.2. The minimum absolute atomic E-state index is 0.0392. The monoisotopic (exact) mass is 411 g/mol. The maximum atomic E-state index is 14.3. The summed E-state index contributed by atoms with van der Waals surface area (Å²) in [6, 6.07) is 10.2. The van der Waals surface area contributed by atoms with Crippen LogP contribution in [-0.4, -0.2) is 34.5 Å². The van der Waals surface area contributed by atoms with Gasteiger partial charge in [-0.25, -0.2) is 13.6 Å². The quantitative estimate of drug-likeness (QED) is 0.482. The van der Waals surface area contributed by atoms with Gasteiger partial charge in [0.15, 0.2) is 11.6 Å². The standard InChI is InChI=1S/C21H15F2N3O4/c1-29-13-8-6-12(7-9-13)26-20(27)14-10-25(17-5-3-4-16(22)18(17)23)11-15(19(14)24-26)21(28)30-2/h3-11H,1-2H3. The topological polar surface area (TPSA) is 75.3 Å². The molecule has 0 saturated carbocycles. The van der Waals surface area contributed by atoms with Crippen LogP contribution in [0.25, 0.3) is 22.6 Å². The van der Waals surface area contributed by atoms with E-state index < -0.39 is 23.2 Å². The number of carbonyl (C=O) groups excluding carboxylic acids is 1. The molecule has 0 aliphatic carbocycles. The van der Waals surface area contributed by atoms with E-state index in [9.17, 15) is 18.4 Å². The molecule has 2 heterocycles. The number of rotatable bonds is 4. The van der Waals surface area contributed by atoms with Gasteiger partial charge in [-0.1, -0.05) is 6.07 Å². The van der Waals surface area contributed by atoms with E-state index in [1.807, 2.05) is 0 Å². The summed E-state index contributed by atoms with van der Waals surface area (Å²) in [5.41, 5.74) is -0.211. The number of carbonyl (C=O) groups is 1. The second-order valence-electron chi connectivity index (χ2n) is 6.32. The summed E-state index contributed by atoms with van der Waals surface area (Å²) >= 11 is 0. The summed E-state index contributed by atoms with van der Waals surface area (Å²) in [5.74, 6) is -2.35. The van der Waals surface area contributed by atoms with Crippen LogP contribution in [0.4, 0.5) is 8.78 Å². The van der Waals surface area contributed by atoms with E-state index >= 15 is 0 Å². The van der Waals surface area contributed by atoms with Crippen molar-refractivity contribution in [2.24, 2.45) is 0 Å². The number of halogens is 2. The Labute approximate surface area is 169 Å². The van der Waals surface area contributed by atoms with Gasteiger partial charge in [0, 0.05) is 12.4 Å². The van der Waals surface area contributed by atoms with Gasteiger partial charge in [-0.3, -0.25) is 4.79 Å². The van der Waals surface area contributed by atoms with Crippen molar-refractivity contribution in [2.75, 3.05) is 14.2 Å². The molecule has 0 spiro atoms. The maximum Gasteiger partial charge on any atom is 0.341 e. The van der Waals surface area contributed by atoms with Gasteiger partial charge in [0.05, 0.1) is 31.2 Å². The Bertz CT molecular complexity index is 1280. The predicted molar refractivity (Wildman–Crippen MR) is 104 cm³/mol. The van der Waals surface area contributed by atoms with E-state index in [-0.39, 0.29) is 22.5 Å². The Balaban J connectivity index is 1.98. The van der Waals surface area contributed by atoms with Gasteiger partial charge in [-0.05, 0) is 36.4 Å². The van der Waals surface area contributed by atoms with Crippen molar-refractivity contribution in [3.05, 3.63) is 82.4 Å². The Kier molecular flexibility index (Phi) is 4.78. The zero-order valence-corrected chi connectivity index (χ0v) is 15.9. The van der Waals surface area contributed by atoms with Crippen LogP contribution in [0.3, 0.4) is 0 Å². The Hall–Kier alpha value is -4.01. The van der Waals surface area contributed by atoms with Gasteiger partial charge in [0.1, 0.15) is 17.0 Å². The van der Waals surface area contributed by atoms with Gasteiger partial charge in [-0.2, -0.15) is 9.78 Å². The number of methoxy groups -OCH3 is 2. The van der Waals surface area contributed by atoms with Crippen LogP contribution in [0.1, 0.15) is 10.4 Å². The molecule has 2 aromatic carbocycles. The first-order valence-electron chi connectivity index (χ1n) is 8.76. The molecular weight excluding hydrogens is 396 g/mol. The Morgan fingerprint density at radius 1 is 1.03 bits per heavy atom. The lowest BCUT2D eigenvalue weighted by Gasteiger charge is -2.12. The third-order valence-corrected chi connectivity index (χ3v) is 4.60. The molecule has 0 atom stereocenters. The molecule has 0 aromatic heterocycles. The third-order valence-electron chi connectivity index (χ3n) is 4.60. The number of fused-ring (bicyclic) bond motifs is 1. The molecule has 0 amide bonds. The molecule has 0 N–H and O–H groups in total. The van der Waals surface area contributed by atoms with Crippen molar-refractivity contribution in [3.8, 4) is 28.4 Å². The number of pyridine rings is 1. The normalized spacial score (nSPS) is 10.9. The van der Waals surface area contributed by atoms with Crippen molar-refractivity contribution >= 4 is 5.97 Å². The molecule has 4 rings (SSSR count). The maximum absolute atomic E-state index is 14.3. The SMILES string of the molecule is COC(=O)c1cn(-c2cccc(F)c2F)cc2c(=O)n(-c3ccc(OC)cc3)nc1-2. The van der Waals surface area contributed by atoms with Crippen LogP contribution >= 0.6 is 0 Å². The number of nitrogens with zero attached hydrogens (tertiary/aromatic N) is 3. The largest absolute Gasteiger partial charge is 0.497 e. The minimum Gasteiger partial charge on any atom is -0.497 e. The molecule has 0 bridgehead atoms. The van der Waals surface area contributed by atoms with E-state index in [0.29, 0.717) is 11.4 Å². The number of esters is 1. The van der Waals surface area contributed by atoms with E-state index in [1.165, 1.54) is 38.7 Å². The first-order valence-corrected chi connectivity index (χ1v) is 8.76. The molecule has 0 fully saturated rings. The fraction of sp³-hybridized carbons (Fsp3) is 0.0952. The van der Waals surface area contributed by atoms with E-state index in [0.717, 1.165) is 15.3 Å². The summed E-state index contributed by atoms with van der Waals surface area (Å²) < 4.78 is 40.2. The van der Waals surface area contributed by atoms with Crippen molar-refractivity contribution in [1.82, 2.24) is 14.3 Å². The molecule has 0 unspecified atom stereocenters. The van der Waals surface area contributed by atoms with Crippen LogP contribution in [0.2, 0.25) is 0 Å². The second kappa shape index (κ2) is 7.43. The van der Waals surface area contributed by atoms with E-state index in [2.05, 4.69) is 5.10 Å². The summed E-state index contributed by atoms with van der Waals surface area (Å²) in [4.78, 5) is 25.4. The number of benzene rings is 2. The molecule has 2 aliphatic rings. The highest BCUT2D eigenvalue weighted by Gasteiger charge is 2.26. The second-order valence-corrected chi connectivity index (χ2v) is 6.32. The zero-order chi connectivity index (χ0) is 21.4. The van der Waals surface area contributed by atoms with Crippen molar-refractivity contribution < 1.29 is 23.0 Å². The molecule has 7 nitrogen and oxygen atoms in total. The number of hydrogen-bond donors (Lipinski definition) is 0. The van der Waals surface area contributed by atoms with E-state index in [4.69, 9.17) is 9.47 Å². The van der Waals surface area contributed by atoms with Crippen molar-refractivity contribution in [1.29, 1.82) is 0 Å². The smallest absolute Gasteiger partial charge is 0.341 e. The molecular formula is C21H15F2N3O4. The predicted octanol–water partition coefficient (Wildman–Crippen LogP) is 3.20. The highest BCUT2D eigenvalue weighted by molar-refractivity contribution is 5.96. The third kappa shape index (κ3) is 3.10. The fourth-order valence-electron chi connectivity index (χ4n) is 3.10. The summed E-state index contributed by atoms with van der Waals surface area (Å²) in [6.07, 6.45) is 2.55. The highest BCUT2D eigenvalue weighted by Crippen LogP contribution is 2.26. The first kappa shape index (κ1) is 19.3. The molecule has 0 saturated heterocycles.